The van der Waals surface area contributed by atoms with Crippen LogP contribution in [0, 0.1) is 12.3 Å². The van der Waals surface area contributed by atoms with Gasteiger partial charge in [0.1, 0.15) is 11.5 Å². The third-order valence-electron chi connectivity index (χ3n) is 5.74. The van der Waals surface area contributed by atoms with E-state index < -0.39 is 22.9 Å². The van der Waals surface area contributed by atoms with Crippen molar-refractivity contribution in [1.29, 1.82) is 0 Å². The summed E-state index contributed by atoms with van der Waals surface area (Å²) in [4.78, 5) is 25.9. The number of rotatable bonds is 2. The topological polar surface area (TPSA) is 43.4 Å². The third-order valence-corrected chi connectivity index (χ3v) is 5.99. The van der Waals surface area contributed by atoms with Crippen LogP contribution >= 0.6 is 11.6 Å². The fraction of sp³-hybridized carbons (Fsp3) is 0.364. The smallest absolute Gasteiger partial charge is 0.321 e. The molecule has 1 aliphatic rings. The highest BCUT2D eigenvalue weighted by Crippen LogP contribution is 2.45. The molecule has 1 fully saturated rings. The maximum absolute atomic E-state index is 13.2. The second-order valence-corrected chi connectivity index (χ2v) is 8.37. The summed E-state index contributed by atoms with van der Waals surface area (Å²) in [7, 11) is 0. The molecule has 3 nitrogen and oxygen atoms in total. The first-order valence-electron chi connectivity index (χ1n) is 8.68. The quantitative estimate of drug-likeness (QED) is 0.530. The summed E-state index contributed by atoms with van der Waals surface area (Å²) < 4.78 is 5.67. The molecule has 0 spiro atoms. The fourth-order valence-corrected chi connectivity index (χ4v) is 3.37. The van der Waals surface area contributed by atoms with Gasteiger partial charge in [-0.2, -0.15) is 0 Å². The summed E-state index contributed by atoms with van der Waals surface area (Å²) in [6.07, 6.45) is 0. The van der Waals surface area contributed by atoms with Crippen molar-refractivity contribution in [3.8, 4) is 11.1 Å². The first-order chi connectivity index (χ1) is 12.0. The van der Waals surface area contributed by atoms with Gasteiger partial charge in [0.25, 0.3) is 0 Å². The Labute approximate surface area is 159 Å². The number of cyclic esters (lactones) is 1. The Bertz CT molecular complexity index is 879. The van der Waals surface area contributed by atoms with E-state index in [9.17, 15) is 9.59 Å². The van der Waals surface area contributed by atoms with Crippen molar-refractivity contribution in [2.24, 2.45) is 5.41 Å². The average Bonchev–Trinajstić information content (AvgIpc) is 2.55. The largest absolute Gasteiger partial charge is 0.458 e. The number of hydrogen-bond acceptors (Lipinski definition) is 3. The van der Waals surface area contributed by atoms with Gasteiger partial charge in [-0.05, 0) is 75.1 Å². The first-order valence-corrected chi connectivity index (χ1v) is 9.06. The lowest BCUT2D eigenvalue weighted by atomic mass is 9.66. The lowest BCUT2D eigenvalue weighted by Gasteiger charge is -2.46. The van der Waals surface area contributed by atoms with Gasteiger partial charge in [-0.3, -0.25) is 9.59 Å². The molecule has 0 saturated carbocycles. The fourth-order valence-electron chi connectivity index (χ4n) is 3.24. The van der Waals surface area contributed by atoms with E-state index in [2.05, 4.69) is 0 Å². The van der Waals surface area contributed by atoms with Crippen LogP contribution in [0.1, 0.15) is 44.7 Å². The van der Waals surface area contributed by atoms with Crippen LogP contribution in [0.3, 0.4) is 0 Å². The Morgan fingerprint density at radius 3 is 2.12 bits per heavy atom. The molecule has 0 aliphatic carbocycles. The van der Waals surface area contributed by atoms with Crippen molar-refractivity contribution in [1.82, 2.24) is 0 Å². The molecule has 26 heavy (non-hydrogen) atoms. The average molecular weight is 371 g/mol. The van der Waals surface area contributed by atoms with E-state index >= 15 is 0 Å². The van der Waals surface area contributed by atoms with E-state index in [1.807, 2.05) is 63.2 Å². The molecule has 136 valence electrons. The first kappa shape index (κ1) is 18.7. The normalized spacial score (nSPS) is 21.4. The van der Waals surface area contributed by atoms with Crippen LogP contribution in [0.4, 0.5) is 0 Å². The predicted molar refractivity (Wildman–Crippen MR) is 103 cm³/mol. The van der Waals surface area contributed by atoms with E-state index in [1.165, 1.54) is 0 Å². The minimum Gasteiger partial charge on any atom is -0.458 e. The summed E-state index contributed by atoms with van der Waals surface area (Å²) in [6, 6.07) is 13.3. The number of carbonyl (C=O) groups excluding carboxylic acids is 2. The number of aryl methyl sites for hydroxylation is 1. The van der Waals surface area contributed by atoms with Crippen LogP contribution in [0.2, 0.25) is 5.02 Å². The number of ketones is 1. The van der Waals surface area contributed by atoms with Crippen molar-refractivity contribution in [3.05, 3.63) is 58.6 Å². The number of hydrogen-bond donors (Lipinski definition) is 0. The maximum Gasteiger partial charge on any atom is 0.321 e. The van der Waals surface area contributed by atoms with E-state index in [0.29, 0.717) is 10.6 Å². The molecule has 0 bridgehead atoms. The van der Waals surface area contributed by atoms with Crippen LogP contribution in [0.25, 0.3) is 11.1 Å². The summed E-state index contributed by atoms with van der Waals surface area (Å²) in [5, 5.41) is 0.663. The molecular weight excluding hydrogens is 348 g/mol. The van der Waals surface area contributed by atoms with Crippen LogP contribution in [-0.4, -0.2) is 17.4 Å². The van der Waals surface area contributed by atoms with Crippen molar-refractivity contribution < 1.29 is 14.3 Å². The molecular formula is C22H23ClO3. The van der Waals surface area contributed by atoms with Gasteiger partial charge in [0.15, 0.2) is 5.78 Å². The highest BCUT2D eigenvalue weighted by atomic mass is 35.5. The van der Waals surface area contributed by atoms with E-state index in [-0.39, 0.29) is 5.78 Å². The Balaban J connectivity index is 2.09. The number of esters is 1. The number of halogens is 1. The molecule has 4 heteroatoms. The highest BCUT2D eigenvalue weighted by molar-refractivity contribution is 6.30. The highest BCUT2D eigenvalue weighted by Gasteiger charge is 2.55. The number of benzene rings is 2. The molecule has 1 saturated heterocycles. The predicted octanol–water partition coefficient (Wildman–Crippen LogP) is 5.33. The molecule has 2 aromatic carbocycles. The van der Waals surface area contributed by atoms with Gasteiger partial charge in [0, 0.05) is 5.02 Å². The van der Waals surface area contributed by atoms with Crippen LogP contribution < -0.4 is 0 Å². The van der Waals surface area contributed by atoms with E-state index in [4.69, 9.17) is 16.3 Å². The maximum atomic E-state index is 13.2. The zero-order chi connectivity index (χ0) is 19.3. The van der Waals surface area contributed by atoms with Gasteiger partial charge in [0.05, 0.1) is 5.41 Å². The lowest BCUT2D eigenvalue weighted by molar-refractivity contribution is -0.187. The summed E-state index contributed by atoms with van der Waals surface area (Å²) in [5.74, 6) is -1.48. The standard InChI is InChI=1S/C22H23ClO3/c1-13-6-7-15(14-8-10-16(23)11-9-14)12-17(13)18-19(24)21(2,3)22(4,5)26-20(18)25/h6-12,18H,1-5H3. The molecule has 1 unspecified atom stereocenters. The van der Waals surface area contributed by atoms with Crippen molar-refractivity contribution in [2.45, 2.75) is 46.1 Å². The van der Waals surface area contributed by atoms with Crippen LogP contribution in [0.15, 0.2) is 42.5 Å². The molecule has 3 rings (SSSR count). The number of ether oxygens (including phenoxy) is 1. The third kappa shape index (κ3) is 2.95. The minimum absolute atomic E-state index is 0.102. The van der Waals surface area contributed by atoms with Gasteiger partial charge in [-0.1, -0.05) is 35.9 Å². The van der Waals surface area contributed by atoms with Gasteiger partial charge in [0.2, 0.25) is 0 Å². The summed E-state index contributed by atoms with van der Waals surface area (Å²) in [6.45, 7) is 9.17. The Morgan fingerprint density at radius 1 is 0.923 bits per heavy atom. The molecule has 0 radical (unpaired) electrons. The Kier molecular flexibility index (Phi) is 4.48. The second kappa shape index (κ2) is 6.24. The summed E-state index contributed by atoms with van der Waals surface area (Å²) in [5.41, 5.74) is 1.91. The van der Waals surface area contributed by atoms with Crippen molar-refractivity contribution in [3.63, 3.8) is 0 Å². The zero-order valence-corrected chi connectivity index (χ0v) is 16.5. The van der Waals surface area contributed by atoms with Crippen molar-refractivity contribution in [2.75, 3.05) is 0 Å². The van der Waals surface area contributed by atoms with Gasteiger partial charge < -0.3 is 4.74 Å². The summed E-state index contributed by atoms with van der Waals surface area (Å²) >= 11 is 5.97. The molecule has 2 aromatic rings. The van der Waals surface area contributed by atoms with E-state index in [0.717, 1.165) is 16.7 Å². The van der Waals surface area contributed by atoms with Gasteiger partial charge in [-0.15, -0.1) is 0 Å². The van der Waals surface area contributed by atoms with Gasteiger partial charge in [-0.25, -0.2) is 0 Å². The number of Topliss-reactive ketones (excluding diaryl/α,β-unsaturated/α-hetero) is 1. The second-order valence-electron chi connectivity index (χ2n) is 7.93. The molecule has 1 aliphatic heterocycles. The molecule has 1 heterocycles. The number of carbonyl (C=O) groups is 2. The Morgan fingerprint density at radius 2 is 1.50 bits per heavy atom. The molecule has 0 aromatic heterocycles. The lowest BCUT2D eigenvalue weighted by Crippen LogP contribution is -2.56. The van der Waals surface area contributed by atoms with Crippen LogP contribution in [-0.2, 0) is 14.3 Å². The van der Waals surface area contributed by atoms with E-state index in [1.54, 1.807) is 13.8 Å². The van der Waals surface area contributed by atoms with Crippen molar-refractivity contribution >= 4 is 23.4 Å². The van der Waals surface area contributed by atoms with Gasteiger partial charge >= 0.3 is 5.97 Å². The minimum atomic E-state index is -0.898. The molecule has 1 atom stereocenters. The molecule has 0 amide bonds. The Hall–Kier alpha value is -2.13. The monoisotopic (exact) mass is 370 g/mol. The molecule has 0 N–H and O–H groups in total. The zero-order valence-electron chi connectivity index (χ0n) is 15.7. The van der Waals surface area contributed by atoms with Crippen LogP contribution in [0.5, 0.6) is 0 Å². The SMILES string of the molecule is Cc1ccc(-c2ccc(Cl)cc2)cc1C1C(=O)OC(C)(C)C(C)(C)C1=O.